The molecule has 0 aromatic carbocycles. The predicted molar refractivity (Wildman–Crippen MR) is 63.5 cm³/mol. The molecule has 2 unspecified atom stereocenters. The van der Waals surface area contributed by atoms with Crippen LogP contribution in [0.5, 0.6) is 0 Å². The smallest absolute Gasteiger partial charge is 0.0130 e. The van der Waals surface area contributed by atoms with Crippen molar-refractivity contribution in [3.05, 3.63) is 0 Å². The van der Waals surface area contributed by atoms with E-state index < -0.39 is 0 Å². The Kier molecular flexibility index (Phi) is 3.02. The van der Waals surface area contributed by atoms with Crippen molar-refractivity contribution in [3.63, 3.8) is 0 Å². The maximum Gasteiger partial charge on any atom is 0.0130 e. The zero-order valence-corrected chi connectivity index (χ0v) is 11.0. The Morgan fingerprint density at radius 3 is 1.57 bits per heavy atom. The molecule has 0 aliphatic heterocycles. The van der Waals surface area contributed by atoms with Crippen molar-refractivity contribution in [1.29, 1.82) is 0 Å². The van der Waals surface area contributed by atoms with Gasteiger partial charge in [-0.15, -0.1) is 0 Å². The molecule has 0 radical (unpaired) electrons. The zero-order chi connectivity index (χ0) is 11.1. The van der Waals surface area contributed by atoms with Gasteiger partial charge in [0.2, 0.25) is 0 Å². The lowest BCUT2D eigenvalue weighted by Gasteiger charge is -2.45. The van der Waals surface area contributed by atoms with Crippen molar-refractivity contribution in [3.8, 4) is 0 Å². The van der Waals surface area contributed by atoms with Crippen molar-refractivity contribution >= 4 is 0 Å². The highest BCUT2D eigenvalue weighted by Gasteiger charge is 2.40. The summed E-state index contributed by atoms with van der Waals surface area (Å²) in [7, 11) is 0. The first kappa shape index (κ1) is 12.0. The molecule has 0 aromatic rings. The third kappa shape index (κ3) is 2.98. The average Bonchev–Trinajstić information content (AvgIpc) is 2.56. The van der Waals surface area contributed by atoms with E-state index in [0.29, 0.717) is 11.1 Å². The lowest BCUT2D eigenvalue weighted by atomic mass is 9.95. The Balaban J connectivity index is 2.63. The van der Waals surface area contributed by atoms with Crippen molar-refractivity contribution in [2.24, 2.45) is 11.8 Å². The van der Waals surface area contributed by atoms with Crippen LogP contribution in [-0.2, 0) is 0 Å². The molecule has 1 aliphatic carbocycles. The van der Waals surface area contributed by atoms with Gasteiger partial charge in [-0.05, 0) is 59.8 Å². The van der Waals surface area contributed by atoms with E-state index in [0.717, 1.165) is 11.8 Å². The fourth-order valence-electron chi connectivity index (χ4n) is 2.44. The minimum atomic E-state index is 0.292. The standard InChI is InChI=1S/C13H27N/c1-10-8-11(10)9-14(12(2,3)4)13(5,6)7/h10-11H,8-9H2,1-7H3. The second kappa shape index (κ2) is 3.52. The molecular weight excluding hydrogens is 170 g/mol. The average molecular weight is 197 g/mol. The van der Waals surface area contributed by atoms with Crippen LogP contribution in [0.25, 0.3) is 0 Å². The molecule has 1 nitrogen and oxygen atoms in total. The number of hydrogen-bond acceptors (Lipinski definition) is 1. The quantitative estimate of drug-likeness (QED) is 0.654. The fourth-order valence-corrected chi connectivity index (χ4v) is 2.44. The summed E-state index contributed by atoms with van der Waals surface area (Å²) >= 11 is 0. The van der Waals surface area contributed by atoms with Crippen LogP contribution in [0, 0.1) is 11.8 Å². The van der Waals surface area contributed by atoms with Crippen LogP contribution in [0.3, 0.4) is 0 Å². The first-order valence-corrected chi connectivity index (χ1v) is 5.90. The summed E-state index contributed by atoms with van der Waals surface area (Å²) in [4.78, 5) is 2.65. The normalized spacial score (nSPS) is 28.3. The molecule has 0 N–H and O–H groups in total. The first-order chi connectivity index (χ1) is 6.12. The van der Waals surface area contributed by atoms with Gasteiger partial charge in [0, 0.05) is 17.6 Å². The molecule has 0 bridgehead atoms. The maximum absolute atomic E-state index is 2.65. The van der Waals surface area contributed by atoms with Gasteiger partial charge in [-0.3, -0.25) is 4.90 Å². The molecule has 2 atom stereocenters. The van der Waals surface area contributed by atoms with Gasteiger partial charge < -0.3 is 0 Å². The van der Waals surface area contributed by atoms with Crippen molar-refractivity contribution in [1.82, 2.24) is 4.90 Å². The Morgan fingerprint density at radius 2 is 1.36 bits per heavy atom. The molecule has 1 saturated carbocycles. The van der Waals surface area contributed by atoms with Gasteiger partial charge >= 0.3 is 0 Å². The summed E-state index contributed by atoms with van der Waals surface area (Å²) in [5.41, 5.74) is 0.584. The molecule has 1 aliphatic rings. The highest BCUT2D eigenvalue weighted by molar-refractivity contribution is 4.93. The highest BCUT2D eigenvalue weighted by atomic mass is 15.2. The summed E-state index contributed by atoms with van der Waals surface area (Å²) in [5, 5.41) is 0. The molecule has 14 heavy (non-hydrogen) atoms. The Hall–Kier alpha value is -0.0400. The Morgan fingerprint density at radius 1 is 1.00 bits per heavy atom. The summed E-state index contributed by atoms with van der Waals surface area (Å²) in [6, 6.07) is 0. The van der Waals surface area contributed by atoms with Gasteiger partial charge in [-0.25, -0.2) is 0 Å². The van der Waals surface area contributed by atoms with Crippen LogP contribution in [0.2, 0.25) is 0 Å². The van der Waals surface area contributed by atoms with E-state index in [-0.39, 0.29) is 0 Å². The number of hydrogen-bond donors (Lipinski definition) is 0. The number of rotatable bonds is 2. The molecule has 1 heteroatoms. The van der Waals surface area contributed by atoms with Gasteiger partial charge in [0.05, 0.1) is 0 Å². The molecule has 0 spiro atoms. The van der Waals surface area contributed by atoms with Crippen molar-refractivity contribution < 1.29 is 0 Å². The summed E-state index contributed by atoms with van der Waals surface area (Å²) in [6.45, 7) is 17.6. The van der Waals surface area contributed by atoms with E-state index in [1.807, 2.05) is 0 Å². The lowest BCUT2D eigenvalue weighted by Crippen LogP contribution is -2.53. The Labute approximate surface area is 89.9 Å². The minimum Gasteiger partial charge on any atom is -0.293 e. The molecule has 1 rings (SSSR count). The topological polar surface area (TPSA) is 3.24 Å². The SMILES string of the molecule is CC1CC1CN(C(C)(C)C)C(C)(C)C. The maximum atomic E-state index is 2.65. The lowest BCUT2D eigenvalue weighted by molar-refractivity contribution is 0.0324. The summed E-state index contributed by atoms with van der Waals surface area (Å²) in [6.07, 6.45) is 1.43. The summed E-state index contributed by atoms with van der Waals surface area (Å²) < 4.78 is 0. The predicted octanol–water partition coefficient (Wildman–Crippen LogP) is 3.54. The molecule has 84 valence electrons. The third-order valence-corrected chi connectivity index (χ3v) is 3.31. The fraction of sp³-hybridized carbons (Fsp3) is 1.00. The van der Waals surface area contributed by atoms with Crippen LogP contribution >= 0.6 is 0 Å². The molecule has 0 saturated heterocycles. The molecule has 1 fully saturated rings. The van der Waals surface area contributed by atoms with E-state index in [2.05, 4.69) is 53.4 Å². The van der Waals surface area contributed by atoms with Gasteiger partial charge in [0.1, 0.15) is 0 Å². The van der Waals surface area contributed by atoms with Crippen LogP contribution in [-0.4, -0.2) is 22.5 Å². The summed E-state index contributed by atoms with van der Waals surface area (Å²) in [5.74, 6) is 1.91. The second-order valence-corrected chi connectivity index (χ2v) is 6.93. The van der Waals surface area contributed by atoms with E-state index in [1.165, 1.54) is 13.0 Å². The van der Waals surface area contributed by atoms with Gasteiger partial charge in [-0.1, -0.05) is 6.92 Å². The molecule has 0 amide bonds. The van der Waals surface area contributed by atoms with E-state index in [9.17, 15) is 0 Å². The van der Waals surface area contributed by atoms with Crippen LogP contribution in [0.15, 0.2) is 0 Å². The molecular formula is C13H27N. The van der Waals surface area contributed by atoms with Crippen LogP contribution < -0.4 is 0 Å². The largest absolute Gasteiger partial charge is 0.293 e. The zero-order valence-electron chi connectivity index (χ0n) is 11.0. The monoisotopic (exact) mass is 197 g/mol. The van der Waals surface area contributed by atoms with Crippen LogP contribution in [0.4, 0.5) is 0 Å². The van der Waals surface area contributed by atoms with E-state index in [4.69, 9.17) is 0 Å². The third-order valence-electron chi connectivity index (χ3n) is 3.31. The molecule has 0 aromatic heterocycles. The van der Waals surface area contributed by atoms with Crippen LogP contribution in [0.1, 0.15) is 54.9 Å². The Bertz CT molecular complexity index is 180. The first-order valence-electron chi connectivity index (χ1n) is 5.90. The highest BCUT2D eigenvalue weighted by Crippen LogP contribution is 2.41. The number of nitrogens with zero attached hydrogens (tertiary/aromatic N) is 1. The van der Waals surface area contributed by atoms with Gasteiger partial charge in [0.25, 0.3) is 0 Å². The van der Waals surface area contributed by atoms with Gasteiger partial charge in [0.15, 0.2) is 0 Å². The molecule has 0 heterocycles. The van der Waals surface area contributed by atoms with E-state index >= 15 is 0 Å². The minimum absolute atomic E-state index is 0.292. The van der Waals surface area contributed by atoms with E-state index in [1.54, 1.807) is 0 Å². The van der Waals surface area contributed by atoms with Crippen molar-refractivity contribution in [2.75, 3.05) is 6.54 Å². The van der Waals surface area contributed by atoms with Gasteiger partial charge in [-0.2, -0.15) is 0 Å². The second-order valence-electron chi connectivity index (χ2n) is 6.93. The van der Waals surface area contributed by atoms with Crippen molar-refractivity contribution in [2.45, 2.75) is 66.0 Å².